The molecule has 0 amide bonds. The number of sulfonamides is 1. The van der Waals surface area contributed by atoms with Crippen LogP contribution in [0.25, 0.3) is 0 Å². The summed E-state index contributed by atoms with van der Waals surface area (Å²) in [6.07, 6.45) is 3.10. The van der Waals surface area contributed by atoms with Crippen LogP contribution < -0.4 is 4.72 Å². The predicted octanol–water partition coefficient (Wildman–Crippen LogP) is 1.68. The molecule has 19 heavy (non-hydrogen) atoms. The monoisotopic (exact) mass is 350 g/mol. The average molecular weight is 351 g/mol. The first kappa shape index (κ1) is 14.9. The summed E-state index contributed by atoms with van der Waals surface area (Å²) in [4.78, 5) is 0. The molecule has 1 N–H and O–H groups in total. The lowest BCUT2D eigenvalue weighted by molar-refractivity contribution is 0.226. The van der Waals surface area contributed by atoms with Gasteiger partial charge in [-0.2, -0.15) is 0 Å². The molecular formula is C11H19BrN4O2S. The van der Waals surface area contributed by atoms with E-state index in [-0.39, 0.29) is 15.7 Å². The second-order valence-corrected chi connectivity index (χ2v) is 7.68. The van der Waals surface area contributed by atoms with Gasteiger partial charge in [-0.15, -0.1) is 5.10 Å². The van der Waals surface area contributed by atoms with Crippen LogP contribution in [0.3, 0.4) is 0 Å². The van der Waals surface area contributed by atoms with E-state index in [0.717, 1.165) is 19.3 Å². The lowest BCUT2D eigenvalue weighted by Crippen LogP contribution is -2.44. The van der Waals surface area contributed by atoms with E-state index in [9.17, 15) is 8.42 Å². The minimum atomic E-state index is -3.59. The van der Waals surface area contributed by atoms with E-state index in [4.69, 9.17) is 0 Å². The molecule has 1 aromatic rings. The van der Waals surface area contributed by atoms with Crippen molar-refractivity contribution >= 4 is 26.0 Å². The summed E-state index contributed by atoms with van der Waals surface area (Å²) in [6.45, 7) is 4.28. The summed E-state index contributed by atoms with van der Waals surface area (Å²) < 4.78 is 29.1. The zero-order chi connectivity index (χ0) is 14.2. The van der Waals surface area contributed by atoms with Gasteiger partial charge in [-0.3, -0.25) is 0 Å². The van der Waals surface area contributed by atoms with Crippen molar-refractivity contribution in [3.63, 3.8) is 0 Å². The number of aryl methyl sites for hydroxylation is 1. The first-order valence-electron chi connectivity index (χ1n) is 6.40. The Bertz CT molecular complexity index is 538. The molecule has 0 aliphatic heterocycles. The topological polar surface area (TPSA) is 76.9 Å². The van der Waals surface area contributed by atoms with E-state index in [0.29, 0.717) is 11.8 Å². The van der Waals surface area contributed by atoms with Gasteiger partial charge in [0.2, 0.25) is 5.03 Å². The molecule has 3 atom stereocenters. The summed E-state index contributed by atoms with van der Waals surface area (Å²) >= 11 is 3.13. The number of hydrogen-bond donors (Lipinski definition) is 1. The maximum Gasteiger partial charge on any atom is 0.260 e. The fraction of sp³-hybridized carbons (Fsp3) is 0.818. The molecule has 0 bridgehead atoms. The number of halogens is 1. The van der Waals surface area contributed by atoms with Crippen LogP contribution >= 0.6 is 15.9 Å². The van der Waals surface area contributed by atoms with Crippen LogP contribution in [0.15, 0.2) is 9.63 Å². The van der Waals surface area contributed by atoms with Crippen LogP contribution in [0.4, 0.5) is 0 Å². The highest BCUT2D eigenvalue weighted by Gasteiger charge is 2.33. The van der Waals surface area contributed by atoms with E-state index in [2.05, 4.69) is 44.8 Å². The van der Waals surface area contributed by atoms with Gasteiger partial charge < -0.3 is 0 Å². The third-order valence-electron chi connectivity index (χ3n) is 4.00. The third kappa shape index (κ3) is 3.00. The Hall–Kier alpha value is -0.470. The molecular weight excluding hydrogens is 332 g/mol. The quantitative estimate of drug-likeness (QED) is 0.899. The first-order valence-corrected chi connectivity index (χ1v) is 8.68. The largest absolute Gasteiger partial charge is 0.260 e. The first-order chi connectivity index (χ1) is 8.83. The zero-order valence-electron chi connectivity index (χ0n) is 11.3. The average Bonchev–Trinajstić information content (AvgIpc) is 2.65. The van der Waals surface area contributed by atoms with E-state index < -0.39 is 10.0 Å². The summed E-state index contributed by atoms with van der Waals surface area (Å²) in [5.74, 6) is 0.873. The Balaban J connectivity index is 2.22. The van der Waals surface area contributed by atoms with E-state index in [1.54, 1.807) is 7.05 Å². The molecule has 108 valence electrons. The van der Waals surface area contributed by atoms with Gasteiger partial charge in [0.15, 0.2) is 4.60 Å². The zero-order valence-corrected chi connectivity index (χ0v) is 13.7. The molecule has 8 heteroatoms. The van der Waals surface area contributed by atoms with Crippen molar-refractivity contribution in [3.8, 4) is 0 Å². The molecule has 1 aliphatic rings. The van der Waals surface area contributed by atoms with Crippen molar-refractivity contribution < 1.29 is 8.42 Å². The van der Waals surface area contributed by atoms with Gasteiger partial charge in [0.1, 0.15) is 0 Å². The molecule has 0 radical (unpaired) electrons. The van der Waals surface area contributed by atoms with E-state index >= 15 is 0 Å². The van der Waals surface area contributed by atoms with Crippen LogP contribution in [0.2, 0.25) is 0 Å². The SMILES string of the molecule is CC1CCCC(NS(=O)(=O)c2c(Br)nnn2C)C1C. The highest BCUT2D eigenvalue weighted by Crippen LogP contribution is 2.30. The maximum absolute atomic E-state index is 12.4. The lowest BCUT2D eigenvalue weighted by Gasteiger charge is -2.34. The summed E-state index contributed by atoms with van der Waals surface area (Å²) in [5.41, 5.74) is 0. The minimum Gasteiger partial charge on any atom is -0.235 e. The van der Waals surface area contributed by atoms with Crippen LogP contribution in [-0.2, 0) is 17.1 Å². The Morgan fingerprint density at radius 3 is 2.63 bits per heavy atom. The summed E-state index contributed by atoms with van der Waals surface area (Å²) in [6, 6.07) is -0.0180. The maximum atomic E-state index is 12.4. The van der Waals surface area contributed by atoms with Crippen LogP contribution in [-0.4, -0.2) is 29.5 Å². The Labute approximate surface area is 122 Å². The second kappa shape index (κ2) is 5.49. The molecule has 1 fully saturated rings. The normalized spacial score (nSPS) is 28.5. The van der Waals surface area contributed by atoms with Gasteiger partial charge >= 0.3 is 0 Å². The van der Waals surface area contributed by atoms with Crippen LogP contribution in [0, 0.1) is 11.8 Å². The van der Waals surface area contributed by atoms with Crippen molar-refractivity contribution in [1.29, 1.82) is 0 Å². The van der Waals surface area contributed by atoms with Gasteiger partial charge in [-0.25, -0.2) is 17.8 Å². The number of nitrogens with zero attached hydrogens (tertiary/aromatic N) is 3. The van der Waals surface area contributed by atoms with E-state index in [1.807, 2.05) is 0 Å². The fourth-order valence-corrected chi connectivity index (χ4v) is 5.07. The van der Waals surface area contributed by atoms with Crippen molar-refractivity contribution in [1.82, 2.24) is 19.7 Å². The second-order valence-electron chi connectivity index (χ2n) is 5.30. The number of aromatic nitrogens is 3. The molecule has 1 aliphatic carbocycles. The minimum absolute atomic E-state index is 0.0180. The van der Waals surface area contributed by atoms with Crippen molar-refractivity contribution in [2.24, 2.45) is 18.9 Å². The van der Waals surface area contributed by atoms with Crippen molar-refractivity contribution in [2.45, 2.75) is 44.2 Å². The molecule has 1 saturated carbocycles. The predicted molar refractivity (Wildman–Crippen MR) is 75.0 cm³/mol. The molecule has 1 heterocycles. The van der Waals surface area contributed by atoms with Crippen molar-refractivity contribution in [2.75, 3.05) is 0 Å². The molecule has 2 rings (SSSR count). The van der Waals surface area contributed by atoms with Crippen LogP contribution in [0.5, 0.6) is 0 Å². The Morgan fingerprint density at radius 2 is 2.05 bits per heavy atom. The highest BCUT2D eigenvalue weighted by atomic mass is 79.9. The van der Waals surface area contributed by atoms with Gasteiger partial charge in [0.25, 0.3) is 10.0 Å². The Kier molecular flexibility index (Phi) is 4.32. The molecule has 6 nitrogen and oxygen atoms in total. The van der Waals surface area contributed by atoms with Gasteiger partial charge in [0, 0.05) is 13.1 Å². The highest BCUT2D eigenvalue weighted by molar-refractivity contribution is 9.10. The number of rotatable bonds is 3. The molecule has 0 spiro atoms. The summed E-state index contributed by atoms with van der Waals surface area (Å²) in [7, 11) is -2.02. The van der Waals surface area contributed by atoms with Crippen molar-refractivity contribution in [3.05, 3.63) is 4.60 Å². The van der Waals surface area contributed by atoms with Gasteiger partial charge in [0.05, 0.1) is 0 Å². The molecule has 0 saturated heterocycles. The lowest BCUT2D eigenvalue weighted by atomic mass is 9.78. The van der Waals surface area contributed by atoms with Crippen LogP contribution in [0.1, 0.15) is 33.1 Å². The number of nitrogens with one attached hydrogen (secondary N) is 1. The third-order valence-corrected chi connectivity index (χ3v) is 6.38. The Morgan fingerprint density at radius 1 is 1.37 bits per heavy atom. The smallest absolute Gasteiger partial charge is 0.235 e. The van der Waals surface area contributed by atoms with Gasteiger partial charge in [-0.05, 0) is 34.2 Å². The summed E-state index contributed by atoms with van der Waals surface area (Å²) in [5, 5.41) is 7.51. The number of hydrogen-bond acceptors (Lipinski definition) is 4. The van der Waals surface area contributed by atoms with Gasteiger partial charge in [-0.1, -0.05) is 31.9 Å². The fourth-order valence-electron chi connectivity index (χ4n) is 2.61. The van der Waals surface area contributed by atoms with E-state index in [1.165, 1.54) is 4.68 Å². The standard InChI is InChI=1S/C11H19BrN4O2S/c1-7-5-4-6-9(8(7)2)14-19(17,18)11-10(12)13-15-16(11)3/h7-9,14H,4-6H2,1-3H3. The molecule has 0 aromatic carbocycles. The molecule has 3 unspecified atom stereocenters. The molecule has 1 aromatic heterocycles.